The van der Waals surface area contributed by atoms with Gasteiger partial charge >= 0.3 is 0 Å². The molecule has 3 rings (SSSR count). The third kappa shape index (κ3) is 4.19. The average Bonchev–Trinajstić information content (AvgIpc) is 2.89. The van der Waals surface area contributed by atoms with Crippen LogP contribution in [0.5, 0.6) is 17.2 Å². The molecule has 12 heteroatoms. The van der Waals surface area contributed by atoms with E-state index in [-0.39, 0.29) is 27.8 Å². The lowest BCUT2D eigenvalue weighted by Crippen LogP contribution is -2.33. The van der Waals surface area contributed by atoms with Crippen LogP contribution in [0.2, 0.25) is 0 Å². The van der Waals surface area contributed by atoms with Gasteiger partial charge in [-0.25, -0.2) is 21.1 Å². The molecule has 10 nitrogen and oxygen atoms in total. The number of hydrogen-bond donors (Lipinski definition) is 1. The zero-order chi connectivity index (χ0) is 23.9. The number of carbonyl (C=O) groups is 1. The van der Waals surface area contributed by atoms with Crippen LogP contribution in [-0.4, -0.2) is 49.8 Å². The lowest BCUT2D eigenvalue weighted by atomic mass is 9.95. The first-order valence-corrected chi connectivity index (χ1v) is 12.5. The molecule has 174 valence electrons. The molecule has 32 heavy (non-hydrogen) atoms. The number of benzene rings is 2. The van der Waals surface area contributed by atoms with E-state index in [0.717, 1.165) is 6.07 Å². The Hall–Kier alpha value is -2.99. The van der Waals surface area contributed by atoms with Gasteiger partial charge < -0.3 is 14.2 Å². The van der Waals surface area contributed by atoms with Crippen molar-refractivity contribution in [2.24, 2.45) is 5.41 Å². The zero-order valence-electron chi connectivity index (χ0n) is 18.2. The maximum Gasteiger partial charge on any atom is 0.265 e. The second-order valence-corrected chi connectivity index (χ2v) is 11.2. The summed E-state index contributed by atoms with van der Waals surface area (Å²) < 4.78 is 70.1. The minimum absolute atomic E-state index is 0.0231. The number of hydrogen-bond acceptors (Lipinski definition) is 8. The summed E-state index contributed by atoms with van der Waals surface area (Å²) in [5, 5.41) is 0. The monoisotopic (exact) mass is 484 g/mol. The van der Waals surface area contributed by atoms with E-state index in [1.54, 1.807) is 0 Å². The van der Waals surface area contributed by atoms with Crippen LogP contribution in [0.1, 0.15) is 13.8 Å². The van der Waals surface area contributed by atoms with E-state index in [0.29, 0.717) is 15.8 Å². The molecule has 2 aromatic carbocycles. The largest absolute Gasteiger partial charge is 0.495 e. The van der Waals surface area contributed by atoms with Crippen molar-refractivity contribution in [1.82, 2.24) is 0 Å². The third-order valence-electron chi connectivity index (χ3n) is 4.89. The Morgan fingerprint density at radius 3 is 2.06 bits per heavy atom. The maximum absolute atomic E-state index is 13.2. The number of amides is 1. The molecule has 1 aliphatic heterocycles. The molecule has 1 aliphatic rings. The lowest BCUT2D eigenvalue weighted by molar-refractivity contribution is -0.123. The average molecular weight is 485 g/mol. The highest BCUT2D eigenvalue weighted by atomic mass is 32.2. The molecule has 1 fully saturated rings. The van der Waals surface area contributed by atoms with E-state index < -0.39 is 31.4 Å². The van der Waals surface area contributed by atoms with Gasteiger partial charge in [-0.05, 0) is 44.2 Å². The van der Waals surface area contributed by atoms with Crippen molar-refractivity contribution in [1.29, 1.82) is 0 Å². The SMILES string of the molecule is COc1ccc(NS(=O)(=O)c2cc(N3C(=O)C(C)(C)CS3(=O)=O)ccc2OC)cc1OC. The number of methoxy groups -OCH3 is 3. The summed E-state index contributed by atoms with van der Waals surface area (Å²) in [6.45, 7) is 3.04. The standard InChI is InChI=1S/C20H24N2O8S2/c1-20(2)12-31(24,25)22(19(20)23)14-7-9-16(29-4)18(11-14)32(26,27)21-13-6-8-15(28-3)17(10-13)30-5/h6-11,21H,12H2,1-5H3. The summed E-state index contributed by atoms with van der Waals surface area (Å²) in [5.74, 6) is -0.319. The van der Waals surface area contributed by atoms with Crippen LogP contribution in [0, 0.1) is 5.41 Å². The minimum atomic E-state index is -4.24. The van der Waals surface area contributed by atoms with Gasteiger partial charge in [-0.2, -0.15) is 0 Å². The van der Waals surface area contributed by atoms with Crippen molar-refractivity contribution in [3.8, 4) is 17.2 Å². The van der Waals surface area contributed by atoms with E-state index in [1.165, 1.54) is 65.5 Å². The number of nitrogens with one attached hydrogen (secondary N) is 1. The molecule has 0 atom stereocenters. The van der Waals surface area contributed by atoms with E-state index in [4.69, 9.17) is 14.2 Å². The van der Waals surface area contributed by atoms with Crippen LogP contribution in [-0.2, 0) is 24.8 Å². The molecular formula is C20H24N2O8S2. The van der Waals surface area contributed by atoms with E-state index in [1.807, 2.05) is 0 Å². The summed E-state index contributed by atoms with van der Waals surface area (Å²) >= 11 is 0. The van der Waals surface area contributed by atoms with Crippen LogP contribution in [0.25, 0.3) is 0 Å². The second kappa shape index (κ2) is 8.17. The first-order valence-electron chi connectivity index (χ1n) is 9.36. The summed E-state index contributed by atoms with van der Waals surface area (Å²) in [5.41, 5.74) is -1.04. The minimum Gasteiger partial charge on any atom is -0.495 e. The quantitative estimate of drug-likeness (QED) is 0.634. The highest BCUT2D eigenvalue weighted by Crippen LogP contribution is 2.39. The fourth-order valence-corrected chi connectivity index (χ4v) is 6.71. The molecule has 0 radical (unpaired) electrons. The van der Waals surface area contributed by atoms with E-state index in [2.05, 4.69) is 4.72 Å². The Bertz CT molecular complexity index is 1270. The first kappa shape index (κ1) is 23.7. The van der Waals surface area contributed by atoms with Gasteiger partial charge in [0.15, 0.2) is 11.5 Å². The van der Waals surface area contributed by atoms with Crippen LogP contribution in [0.15, 0.2) is 41.3 Å². The van der Waals surface area contributed by atoms with Crippen LogP contribution in [0.4, 0.5) is 11.4 Å². The number of ether oxygens (including phenoxy) is 3. The van der Waals surface area contributed by atoms with Crippen LogP contribution in [0.3, 0.4) is 0 Å². The first-order chi connectivity index (χ1) is 14.9. The van der Waals surface area contributed by atoms with Gasteiger partial charge in [0.1, 0.15) is 10.6 Å². The number of rotatable bonds is 7. The van der Waals surface area contributed by atoms with Crippen LogP contribution < -0.4 is 23.2 Å². The van der Waals surface area contributed by atoms with Crippen LogP contribution >= 0.6 is 0 Å². The van der Waals surface area contributed by atoms with Gasteiger partial charge in [0.05, 0.1) is 43.9 Å². The molecule has 1 heterocycles. The van der Waals surface area contributed by atoms with Crippen molar-refractivity contribution in [3.63, 3.8) is 0 Å². The van der Waals surface area contributed by atoms with Gasteiger partial charge in [-0.3, -0.25) is 9.52 Å². The van der Waals surface area contributed by atoms with Gasteiger partial charge in [-0.1, -0.05) is 0 Å². The molecule has 0 aliphatic carbocycles. The maximum atomic E-state index is 13.2. The smallest absolute Gasteiger partial charge is 0.265 e. The number of nitrogens with zero attached hydrogens (tertiary/aromatic N) is 1. The predicted octanol–water partition coefficient (Wildman–Crippen LogP) is 2.22. The fraction of sp³-hybridized carbons (Fsp3) is 0.350. The van der Waals surface area contributed by atoms with Crippen molar-refractivity contribution in [3.05, 3.63) is 36.4 Å². The second-order valence-electron chi connectivity index (χ2n) is 7.72. The molecule has 0 aromatic heterocycles. The fourth-order valence-electron chi connectivity index (χ4n) is 3.37. The normalized spacial score (nSPS) is 17.2. The highest BCUT2D eigenvalue weighted by molar-refractivity contribution is 7.94. The molecular weight excluding hydrogens is 460 g/mol. The van der Waals surface area contributed by atoms with Gasteiger partial charge in [-0.15, -0.1) is 0 Å². The molecule has 1 N–H and O–H groups in total. The molecule has 0 spiro atoms. The summed E-state index contributed by atoms with van der Waals surface area (Å²) in [6.07, 6.45) is 0. The van der Waals surface area contributed by atoms with E-state index in [9.17, 15) is 21.6 Å². The zero-order valence-corrected chi connectivity index (χ0v) is 19.8. The summed E-state index contributed by atoms with van der Waals surface area (Å²) in [4.78, 5) is 12.4. The van der Waals surface area contributed by atoms with Gasteiger partial charge in [0, 0.05) is 6.07 Å². The molecule has 1 amide bonds. The third-order valence-corrected chi connectivity index (χ3v) is 8.31. The molecule has 0 unspecified atom stereocenters. The number of anilines is 2. The Morgan fingerprint density at radius 1 is 0.938 bits per heavy atom. The van der Waals surface area contributed by atoms with E-state index >= 15 is 0 Å². The van der Waals surface area contributed by atoms with Gasteiger partial charge in [0.2, 0.25) is 15.9 Å². The Labute approximate surface area is 187 Å². The predicted molar refractivity (Wildman–Crippen MR) is 118 cm³/mol. The number of sulfonamides is 2. The summed E-state index contributed by atoms with van der Waals surface area (Å²) in [6, 6.07) is 8.16. The molecule has 0 bridgehead atoms. The highest BCUT2D eigenvalue weighted by Gasteiger charge is 2.50. The molecule has 1 saturated heterocycles. The Morgan fingerprint density at radius 2 is 1.53 bits per heavy atom. The van der Waals surface area contributed by atoms with Crippen molar-refractivity contribution >= 4 is 37.3 Å². The molecule has 0 saturated carbocycles. The summed E-state index contributed by atoms with van der Waals surface area (Å²) in [7, 11) is -4.05. The van der Waals surface area contributed by atoms with Crippen molar-refractivity contribution in [2.45, 2.75) is 18.7 Å². The topological polar surface area (TPSA) is 128 Å². The van der Waals surface area contributed by atoms with Crippen molar-refractivity contribution in [2.75, 3.05) is 36.1 Å². The van der Waals surface area contributed by atoms with Gasteiger partial charge in [0.25, 0.3) is 10.0 Å². The number of carbonyl (C=O) groups excluding carboxylic acids is 1. The molecule has 2 aromatic rings. The Kier molecular flexibility index (Phi) is 6.04. The van der Waals surface area contributed by atoms with Crippen molar-refractivity contribution < 1.29 is 35.8 Å². The lowest BCUT2D eigenvalue weighted by Gasteiger charge is -2.19. The Balaban J connectivity index is 2.07.